The van der Waals surface area contributed by atoms with Crippen molar-refractivity contribution in [3.63, 3.8) is 0 Å². The first-order chi connectivity index (χ1) is 16.9. The van der Waals surface area contributed by atoms with Gasteiger partial charge in [-0.1, -0.05) is 17.7 Å². The van der Waals surface area contributed by atoms with Gasteiger partial charge >= 0.3 is 12.1 Å². The van der Waals surface area contributed by atoms with E-state index >= 15 is 0 Å². The summed E-state index contributed by atoms with van der Waals surface area (Å²) in [5.41, 5.74) is -0.135. The van der Waals surface area contributed by atoms with Gasteiger partial charge < -0.3 is 4.90 Å². The van der Waals surface area contributed by atoms with Crippen LogP contribution in [0, 0.1) is 5.41 Å². The minimum Gasteiger partial charge on any atom is -0.367 e. The van der Waals surface area contributed by atoms with Gasteiger partial charge in [0.25, 0.3) is 11.8 Å². The van der Waals surface area contributed by atoms with Crippen LogP contribution in [0.1, 0.15) is 24.0 Å². The van der Waals surface area contributed by atoms with E-state index in [1.807, 2.05) is 4.90 Å². The van der Waals surface area contributed by atoms with Gasteiger partial charge in [0, 0.05) is 46.8 Å². The van der Waals surface area contributed by atoms with Crippen LogP contribution in [0.15, 0.2) is 17.7 Å². The molecule has 3 fully saturated rings. The van der Waals surface area contributed by atoms with Crippen molar-refractivity contribution in [3.8, 4) is 0 Å². The number of amides is 8. The summed E-state index contributed by atoms with van der Waals surface area (Å²) in [5.74, 6) is -2.66. The number of rotatable bonds is 1. The lowest BCUT2D eigenvalue weighted by atomic mass is 9.68. The highest BCUT2D eigenvalue weighted by Crippen LogP contribution is 2.51. The number of likely N-dealkylation sites (N-methyl/N-ethyl adjacent to an activating group) is 2. The van der Waals surface area contributed by atoms with Crippen molar-refractivity contribution in [1.82, 2.24) is 19.6 Å². The van der Waals surface area contributed by atoms with Gasteiger partial charge in [0.1, 0.15) is 5.57 Å². The predicted octanol–water partition coefficient (Wildman–Crippen LogP) is 1.34. The Balaban J connectivity index is 1.65. The van der Waals surface area contributed by atoms with Gasteiger partial charge in [-0.15, -0.1) is 0 Å². The summed E-state index contributed by atoms with van der Waals surface area (Å²) in [6, 6.07) is 1.61. The Morgan fingerprint density at radius 1 is 0.861 bits per heavy atom. The highest BCUT2D eigenvalue weighted by atomic mass is 35.5. The average Bonchev–Trinajstić information content (AvgIpc) is 3.37. The molecule has 1 atom stereocenters. The molecule has 1 spiro atoms. The van der Waals surface area contributed by atoms with Crippen LogP contribution in [-0.4, -0.2) is 96.1 Å². The molecule has 3 saturated heterocycles. The standard InChI is InChI=1S/C24H24ClN5O6/c1-26-18(31)13(19(32)27(2)22(26)35)10-12-7-8-15-14(17(12)25)11-24(16-6-5-9-30(15)16)20(33)28(3)23(36)29(4)21(24)34/h7-8,10,16H,5-6,9,11H2,1-4H3/t16-/m1/s1. The number of carbonyl (C=O) groups excluding carboxylic acids is 6. The van der Waals surface area contributed by atoms with E-state index in [4.69, 9.17) is 11.6 Å². The van der Waals surface area contributed by atoms with Crippen molar-refractivity contribution in [2.24, 2.45) is 5.41 Å². The first-order valence-corrected chi connectivity index (χ1v) is 11.8. The van der Waals surface area contributed by atoms with E-state index in [2.05, 4.69) is 0 Å². The van der Waals surface area contributed by atoms with Gasteiger partial charge in [-0.3, -0.25) is 38.8 Å². The van der Waals surface area contributed by atoms with Crippen LogP contribution in [0.2, 0.25) is 5.02 Å². The second-order valence-corrected chi connectivity index (χ2v) is 9.92. The maximum Gasteiger partial charge on any atom is 0.333 e. The molecule has 0 saturated carbocycles. The zero-order chi connectivity index (χ0) is 26.3. The summed E-state index contributed by atoms with van der Waals surface area (Å²) in [6.45, 7) is 0.604. The highest BCUT2D eigenvalue weighted by molar-refractivity contribution is 6.35. The molecule has 11 nitrogen and oxygen atoms in total. The van der Waals surface area contributed by atoms with Crippen molar-refractivity contribution in [1.29, 1.82) is 0 Å². The molecule has 1 aromatic rings. The maximum absolute atomic E-state index is 13.6. The number of carbonyl (C=O) groups is 6. The Morgan fingerprint density at radius 3 is 2.00 bits per heavy atom. The molecule has 4 heterocycles. The van der Waals surface area contributed by atoms with Gasteiger partial charge in [0.05, 0.1) is 11.1 Å². The number of benzene rings is 1. The van der Waals surface area contributed by atoms with Crippen molar-refractivity contribution in [2.75, 3.05) is 39.6 Å². The summed E-state index contributed by atoms with van der Waals surface area (Å²) in [7, 11) is 5.28. The number of nitrogens with zero attached hydrogens (tertiary/aromatic N) is 5. The zero-order valence-electron chi connectivity index (χ0n) is 20.2. The molecular formula is C24H24ClN5O6. The lowest BCUT2D eigenvalue weighted by molar-refractivity contribution is -0.159. The summed E-state index contributed by atoms with van der Waals surface area (Å²) in [4.78, 5) is 82.7. The van der Waals surface area contributed by atoms with E-state index in [1.165, 1.54) is 34.3 Å². The number of halogens is 1. The maximum atomic E-state index is 13.6. The minimum absolute atomic E-state index is 0.0286. The van der Waals surface area contributed by atoms with E-state index in [1.54, 1.807) is 12.1 Å². The quantitative estimate of drug-likeness (QED) is 0.316. The van der Waals surface area contributed by atoms with E-state index in [9.17, 15) is 28.8 Å². The number of urea groups is 2. The van der Waals surface area contributed by atoms with Crippen LogP contribution < -0.4 is 4.90 Å². The molecule has 5 rings (SSSR count). The van der Waals surface area contributed by atoms with E-state index < -0.39 is 47.1 Å². The molecule has 0 N–H and O–H groups in total. The molecule has 0 bridgehead atoms. The van der Waals surface area contributed by atoms with E-state index in [-0.39, 0.29) is 17.0 Å². The normalized spacial score (nSPS) is 23.8. The van der Waals surface area contributed by atoms with Crippen LogP contribution in [0.25, 0.3) is 6.08 Å². The Morgan fingerprint density at radius 2 is 1.42 bits per heavy atom. The number of hydrogen-bond donors (Lipinski definition) is 0. The smallest absolute Gasteiger partial charge is 0.333 e. The molecule has 8 amide bonds. The van der Waals surface area contributed by atoms with Crippen LogP contribution in [0.5, 0.6) is 0 Å². The summed E-state index contributed by atoms with van der Waals surface area (Å²) in [6.07, 6.45) is 2.65. The Kier molecular flexibility index (Phi) is 5.26. The Labute approximate surface area is 211 Å². The molecule has 12 heteroatoms. The molecule has 0 unspecified atom stereocenters. The fraction of sp³-hybridized carbons (Fsp3) is 0.417. The molecule has 4 aliphatic heterocycles. The van der Waals surface area contributed by atoms with Gasteiger partial charge in [-0.25, -0.2) is 9.59 Å². The Hall–Kier alpha value is -3.73. The first-order valence-electron chi connectivity index (χ1n) is 11.4. The number of anilines is 1. The zero-order valence-corrected chi connectivity index (χ0v) is 21.0. The third kappa shape index (κ3) is 2.92. The number of hydrogen-bond acceptors (Lipinski definition) is 7. The van der Waals surface area contributed by atoms with Gasteiger partial charge in [-0.05, 0) is 36.1 Å². The van der Waals surface area contributed by atoms with Gasteiger partial charge in [0.15, 0.2) is 5.41 Å². The molecule has 0 radical (unpaired) electrons. The molecule has 0 aromatic heterocycles. The van der Waals surface area contributed by atoms with Gasteiger partial charge in [-0.2, -0.15) is 0 Å². The van der Waals surface area contributed by atoms with Crippen molar-refractivity contribution in [2.45, 2.75) is 25.3 Å². The molecule has 188 valence electrons. The lowest BCUT2D eigenvalue weighted by Gasteiger charge is -2.51. The van der Waals surface area contributed by atoms with Gasteiger partial charge in [0.2, 0.25) is 11.8 Å². The topological polar surface area (TPSA) is 119 Å². The number of barbiturate groups is 2. The third-order valence-corrected chi connectivity index (χ3v) is 8.17. The van der Waals surface area contributed by atoms with Crippen LogP contribution in [0.4, 0.5) is 15.3 Å². The van der Waals surface area contributed by atoms with Crippen LogP contribution in [0.3, 0.4) is 0 Å². The van der Waals surface area contributed by atoms with Crippen LogP contribution in [-0.2, 0) is 25.6 Å². The van der Waals surface area contributed by atoms with Crippen molar-refractivity contribution in [3.05, 3.63) is 33.9 Å². The molecule has 36 heavy (non-hydrogen) atoms. The van der Waals surface area contributed by atoms with E-state index in [0.717, 1.165) is 31.7 Å². The molecular weight excluding hydrogens is 490 g/mol. The second-order valence-electron chi connectivity index (χ2n) is 9.55. The first kappa shape index (κ1) is 24.0. The lowest BCUT2D eigenvalue weighted by Crippen LogP contribution is -2.70. The Bertz CT molecular complexity index is 1270. The van der Waals surface area contributed by atoms with Crippen molar-refractivity contribution < 1.29 is 28.8 Å². The monoisotopic (exact) mass is 513 g/mol. The number of imide groups is 4. The third-order valence-electron chi connectivity index (χ3n) is 7.73. The summed E-state index contributed by atoms with van der Waals surface area (Å²) < 4.78 is 0. The molecule has 0 aliphatic carbocycles. The average molecular weight is 514 g/mol. The van der Waals surface area contributed by atoms with E-state index in [0.29, 0.717) is 24.1 Å². The summed E-state index contributed by atoms with van der Waals surface area (Å²) >= 11 is 6.83. The minimum atomic E-state index is -1.53. The molecule has 4 aliphatic rings. The predicted molar refractivity (Wildman–Crippen MR) is 128 cm³/mol. The fourth-order valence-corrected chi connectivity index (χ4v) is 6.08. The largest absolute Gasteiger partial charge is 0.367 e. The highest BCUT2D eigenvalue weighted by Gasteiger charge is 2.64. The summed E-state index contributed by atoms with van der Waals surface area (Å²) in [5, 5.41) is 0.190. The SMILES string of the molecule is CN1C(=O)C(=Cc2ccc3c(c2Cl)CC2(C(=O)N(C)C(=O)N(C)C2=O)[C@H]2CCCN32)C(=O)N(C)C1=O. The fourth-order valence-electron chi connectivity index (χ4n) is 5.80. The number of fused-ring (bicyclic) bond motifs is 4. The van der Waals surface area contributed by atoms with Crippen molar-refractivity contribution >= 4 is 59.1 Å². The molecule has 1 aromatic carbocycles. The second kappa shape index (κ2) is 7.89. The van der Waals surface area contributed by atoms with Crippen LogP contribution >= 0.6 is 11.6 Å².